The van der Waals surface area contributed by atoms with Crippen LogP contribution in [-0.2, 0) is 24.4 Å². The number of halogens is 6. The second-order valence-corrected chi connectivity index (χ2v) is 7.23. The molecule has 0 aliphatic rings. The molecule has 0 bridgehead atoms. The van der Waals surface area contributed by atoms with Crippen molar-refractivity contribution in [1.29, 1.82) is 0 Å². The monoisotopic (exact) mass is 570 g/mol. The lowest BCUT2D eigenvalue weighted by atomic mass is 10.1. The van der Waals surface area contributed by atoms with Gasteiger partial charge in [0, 0.05) is 19.2 Å². The second kappa shape index (κ2) is 15.5. The molecule has 0 aliphatic heterocycles. The summed E-state index contributed by atoms with van der Waals surface area (Å²) in [5.41, 5.74) is 6.80. The van der Waals surface area contributed by atoms with E-state index in [1.807, 2.05) is 24.3 Å². The highest BCUT2D eigenvalue weighted by Crippen LogP contribution is 2.22. The molecular formula is C21H24Cl4F2N6O2. The average molecular weight is 572 g/mol. The lowest BCUT2D eigenvalue weighted by Crippen LogP contribution is -3.00. The molecule has 1 unspecified atom stereocenters. The van der Waals surface area contributed by atoms with E-state index in [9.17, 15) is 18.4 Å². The van der Waals surface area contributed by atoms with Crippen LogP contribution in [0.3, 0.4) is 0 Å². The Morgan fingerprint density at radius 3 is 2.49 bits per heavy atom. The molecule has 5 N–H and O–H groups in total. The van der Waals surface area contributed by atoms with Crippen LogP contribution in [-0.4, -0.2) is 26.9 Å². The number of aromatic amines is 1. The highest BCUT2D eigenvalue weighted by molar-refractivity contribution is 6.29. The van der Waals surface area contributed by atoms with Crippen LogP contribution in [0, 0.1) is 0 Å². The largest absolute Gasteiger partial charge is 1.00 e. The van der Waals surface area contributed by atoms with Gasteiger partial charge in [-0.1, -0.05) is 35.9 Å². The predicted octanol–water partition coefficient (Wildman–Crippen LogP) is -6.06. The molecule has 8 nitrogen and oxygen atoms in total. The number of H-pyrrole nitrogens is 1. The Kier molecular flexibility index (Phi) is 14.4. The molecule has 0 saturated heterocycles. The number of amides is 1. The molecule has 1 aromatic carbocycles. The number of alkyl halides is 2. The average Bonchev–Trinajstić information content (AvgIpc) is 2.80. The highest BCUT2D eigenvalue weighted by atomic mass is 35.5. The van der Waals surface area contributed by atoms with Gasteiger partial charge in [-0.2, -0.15) is 0 Å². The van der Waals surface area contributed by atoms with Crippen molar-refractivity contribution in [3.63, 3.8) is 0 Å². The number of rotatable bonds is 9. The molecule has 0 saturated carbocycles. The topological polar surface area (TPSA) is 118 Å². The normalized spacial score (nSPS) is 10.9. The molecule has 1 atom stereocenters. The Hall–Kier alpha value is -2.50. The smallest absolute Gasteiger partial charge is 1.00 e. The summed E-state index contributed by atoms with van der Waals surface area (Å²) in [6, 6.07) is 10.5. The molecule has 0 spiro atoms. The van der Waals surface area contributed by atoms with Crippen LogP contribution in [0.2, 0.25) is 5.15 Å². The summed E-state index contributed by atoms with van der Waals surface area (Å²) in [5.74, 6) is -0.835. The molecule has 14 heteroatoms. The number of pyridine rings is 1. The van der Waals surface area contributed by atoms with Crippen LogP contribution in [0.1, 0.15) is 25.7 Å². The summed E-state index contributed by atoms with van der Waals surface area (Å²) in [7, 11) is 0. The van der Waals surface area contributed by atoms with Crippen molar-refractivity contribution in [1.82, 2.24) is 19.9 Å². The Bertz CT molecular complexity index is 1150. The number of nitrogens with two attached hydrogens (primary N) is 1. The van der Waals surface area contributed by atoms with Crippen LogP contribution in [0.15, 0.2) is 59.7 Å². The number of anilines is 1. The summed E-state index contributed by atoms with van der Waals surface area (Å²) < 4.78 is 28.2. The summed E-state index contributed by atoms with van der Waals surface area (Å²) in [5, 5.41) is 5.05. The quantitative estimate of drug-likeness (QED) is 0.191. The van der Waals surface area contributed by atoms with Gasteiger partial charge in [0.2, 0.25) is 5.91 Å². The number of benzene rings is 1. The van der Waals surface area contributed by atoms with Gasteiger partial charge in [-0.25, -0.2) is 13.8 Å². The highest BCUT2D eigenvalue weighted by Gasteiger charge is 2.28. The van der Waals surface area contributed by atoms with Gasteiger partial charge in [0.1, 0.15) is 23.6 Å². The van der Waals surface area contributed by atoms with E-state index in [2.05, 4.69) is 20.6 Å². The van der Waals surface area contributed by atoms with Gasteiger partial charge >= 0.3 is 2.85 Å². The van der Waals surface area contributed by atoms with Crippen LogP contribution in [0.5, 0.6) is 0 Å². The van der Waals surface area contributed by atoms with Gasteiger partial charge in [-0.3, -0.25) is 19.1 Å². The van der Waals surface area contributed by atoms with Crippen LogP contribution < -0.4 is 59.1 Å². The molecule has 0 radical (unpaired) electrons. The van der Waals surface area contributed by atoms with Crippen LogP contribution >= 0.6 is 11.6 Å². The summed E-state index contributed by atoms with van der Waals surface area (Å²) in [6.07, 6.45) is -0.211. The van der Waals surface area contributed by atoms with E-state index in [0.717, 1.165) is 21.9 Å². The molecule has 0 aliphatic carbocycles. The maximum Gasteiger partial charge on any atom is 1.00 e. The van der Waals surface area contributed by atoms with Crippen molar-refractivity contribution in [2.24, 2.45) is 5.73 Å². The molecule has 3 rings (SSSR count). The van der Waals surface area contributed by atoms with Crippen LogP contribution in [0.25, 0.3) is 0 Å². The minimum absolute atomic E-state index is 0. The predicted molar refractivity (Wildman–Crippen MR) is 119 cm³/mol. The number of aromatic nitrogens is 3. The van der Waals surface area contributed by atoms with E-state index in [4.69, 9.17) is 17.3 Å². The van der Waals surface area contributed by atoms with E-state index >= 15 is 0 Å². The number of hydrogen-bond donors (Lipinski definition) is 4. The van der Waals surface area contributed by atoms with E-state index in [-0.39, 0.29) is 63.3 Å². The zero-order valence-corrected chi connectivity index (χ0v) is 21.1. The standard InChI is InChI=1S/C21H21ClF2N6O2.3ClH/c22-16-11-28-20(29-18(19(23)24)15-7-3-4-8-26-15)21(32)30(16)12-17(31)27-10-14-6-2-1-5-13(14)9-25;;;/h1-8,11,18-19,26H,9-10,12,25H2,(H-,27,28,29,31);3*1H. The Morgan fingerprint density at radius 1 is 1.20 bits per heavy atom. The van der Waals surface area contributed by atoms with Gasteiger partial charge < -0.3 is 53.6 Å². The third kappa shape index (κ3) is 8.59. The SMILES string of the molecule is NCc1ccccc1CNC(=O)Cn1c(Cl)cnc(NC([c+]2cccc[nH]2)C(F)F)c1=O.[Cl-].[Cl-].[Cl-].[H+].[H+]. The van der Waals surface area contributed by atoms with Gasteiger partial charge in [-0.05, 0) is 11.1 Å². The zero-order chi connectivity index (χ0) is 23.1. The maximum atomic E-state index is 13.6. The van der Waals surface area contributed by atoms with Crippen molar-refractivity contribution >= 4 is 23.3 Å². The lowest BCUT2D eigenvalue weighted by Gasteiger charge is -2.16. The third-order valence-corrected chi connectivity index (χ3v) is 5.04. The first-order valence-electron chi connectivity index (χ1n) is 9.71. The fourth-order valence-electron chi connectivity index (χ4n) is 3.06. The zero-order valence-electron chi connectivity index (χ0n) is 20.0. The van der Waals surface area contributed by atoms with Crippen molar-refractivity contribution in [2.45, 2.75) is 32.1 Å². The van der Waals surface area contributed by atoms with Crippen molar-refractivity contribution in [3.8, 4) is 0 Å². The van der Waals surface area contributed by atoms with Crippen LogP contribution in [0.4, 0.5) is 14.6 Å². The number of nitrogens with one attached hydrogen (secondary N) is 3. The minimum atomic E-state index is -2.83. The first-order chi connectivity index (χ1) is 15.4. The Morgan fingerprint density at radius 2 is 1.89 bits per heavy atom. The Balaban J connectivity index is -0.00000231. The summed E-state index contributed by atoms with van der Waals surface area (Å²) >= 11 is 6.05. The van der Waals surface area contributed by atoms with Gasteiger partial charge in [0.05, 0.1) is 18.3 Å². The van der Waals surface area contributed by atoms with E-state index in [1.165, 1.54) is 12.3 Å². The molecule has 2 heterocycles. The lowest BCUT2D eigenvalue weighted by molar-refractivity contribution is -0.121. The third-order valence-electron chi connectivity index (χ3n) is 4.73. The fourth-order valence-corrected chi connectivity index (χ4v) is 3.25. The number of carbonyl (C=O) groups is 1. The molecule has 2 aromatic heterocycles. The first-order valence-corrected chi connectivity index (χ1v) is 10.1. The molecule has 1 amide bonds. The summed E-state index contributed by atoms with van der Waals surface area (Å²) in [4.78, 5) is 31.8. The van der Waals surface area contributed by atoms with E-state index in [0.29, 0.717) is 6.54 Å². The van der Waals surface area contributed by atoms with E-state index in [1.54, 1.807) is 12.1 Å². The van der Waals surface area contributed by atoms with E-state index < -0.39 is 30.5 Å². The van der Waals surface area contributed by atoms with Crippen molar-refractivity contribution < 1.29 is 53.6 Å². The number of carbonyl (C=O) groups excluding carboxylic acids is 1. The van der Waals surface area contributed by atoms with Gasteiger partial charge in [0.25, 0.3) is 12.0 Å². The maximum absolute atomic E-state index is 13.6. The second-order valence-electron chi connectivity index (χ2n) is 6.84. The van der Waals surface area contributed by atoms with Gasteiger partial charge in [0.15, 0.2) is 11.9 Å². The van der Waals surface area contributed by atoms with Crippen molar-refractivity contribution in [3.05, 3.63) is 87.2 Å². The number of nitrogens with zero attached hydrogens (tertiary/aromatic N) is 2. The minimum Gasteiger partial charge on any atom is -1.00 e. The molecule has 0 fully saturated rings. The van der Waals surface area contributed by atoms with Gasteiger partial charge in [-0.15, -0.1) is 0 Å². The fraction of sp³-hybridized carbons (Fsp3) is 0.238. The molecule has 35 heavy (non-hydrogen) atoms. The van der Waals surface area contributed by atoms with Crippen molar-refractivity contribution in [2.75, 3.05) is 5.32 Å². The molecular weight excluding hydrogens is 548 g/mol. The molecule has 192 valence electrons. The number of hydrogen-bond acceptors (Lipinski definition) is 5. The first kappa shape index (κ1) is 32.5. The Labute approximate surface area is 226 Å². The summed E-state index contributed by atoms with van der Waals surface area (Å²) in [6.45, 7) is 0.128. The molecule has 3 aromatic rings.